The van der Waals surface area contributed by atoms with E-state index in [9.17, 15) is 0 Å². The van der Waals surface area contributed by atoms with Gasteiger partial charge in [0, 0.05) is 19.0 Å². The Labute approximate surface area is 95.8 Å². The molecule has 2 aliphatic rings. The minimum absolute atomic E-state index is 0.0410. The number of hydrogen-bond donors (Lipinski definition) is 1. The summed E-state index contributed by atoms with van der Waals surface area (Å²) in [6.45, 7) is 2.04. The molecule has 0 saturated carbocycles. The molecular formula is C13H17NO2. The van der Waals surface area contributed by atoms with Crippen molar-refractivity contribution in [3.8, 4) is 11.5 Å². The topological polar surface area (TPSA) is 30.5 Å². The minimum Gasteiger partial charge on any atom is -0.497 e. The smallest absolute Gasteiger partial charge is 0.127 e. The molecule has 3 heteroatoms. The molecule has 16 heavy (non-hydrogen) atoms. The van der Waals surface area contributed by atoms with Crippen LogP contribution < -0.4 is 14.8 Å². The second-order valence-electron chi connectivity index (χ2n) is 4.69. The van der Waals surface area contributed by atoms with Crippen LogP contribution in [0.25, 0.3) is 0 Å². The van der Waals surface area contributed by atoms with Gasteiger partial charge in [0.15, 0.2) is 0 Å². The second kappa shape index (κ2) is 3.67. The molecule has 2 heterocycles. The highest BCUT2D eigenvalue weighted by Crippen LogP contribution is 2.38. The highest BCUT2D eigenvalue weighted by molar-refractivity contribution is 5.42. The van der Waals surface area contributed by atoms with Crippen LogP contribution in [-0.4, -0.2) is 25.8 Å². The summed E-state index contributed by atoms with van der Waals surface area (Å²) in [5.74, 6) is 1.89. The summed E-state index contributed by atoms with van der Waals surface area (Å²) in [4.78, 5) is 0. The number of aryl methyl sites for hydroxylation is 1. The first-order chi connectivity index (χ1) is 7.81. The van der Waals surface area contributed by atoms with Gasteiger partial charge in [0.05, 0.1) is 7.11 Å². The van der Waals surface area contributed by atoms with E-state index in [2.05, 4.69) is 11.4 Å². The summed E-state index contributed by atoms with van der Waals surface area (Å²) >= 11 is 0. The van der Waals surface area contributed by atoms with Crippen LogP contribution in [0.5, 0.6) is 11.5 Å². The van der Waals surface area contributed by atoms with E-state index in [0.717, 1.165) is 43.9 Å². The Hall–Kier alpha value is -1.22. The van der Waals surface area contributed by atoms with Crippen molar-refractivity contribution in [2.75, 3.05) is 20.2 Å². The van der Waals surface area contributed by atoms with E-state index < -0.39 is 0 Å². The highest BCUT2D eigenvalue weighted by atomic mass is 16.5. The van der Waals surface area contributed by atoms with Crippen LogP contribution in [0.4, 0.5) is 0 Å². The lowest BCUT2D eigenvalue weighted by Crippen LogP contribution is -2.41. The summed E-state index contributed by atoms with van der Waals surface area (Å²) < 4.78 is 11.4. The van der Waals surface area contributed by atoms with Gasteiger partial charge in [0.25, 0.3) is 0 Å². The number of benzene rings is 1. The third-order valence-electron chi connectivity index (χ3n) is 3.66. The molecule has 1 N–H and O–H groups in total. The Morgan fingerprint density at radius 2 is 2.31 bits per heavy atom. The molecule has 3 nitrogen and oxygen atoms in total. The first kappa shape index (κ1) is 9.97. The lowest BCUT2D eigenvalue weighted by molar-refractivity contribution is 0.0661. The molecule has 2 aliphatic heterocycles. The second-order valence-corrected chi connectivity index (χ2v) is 4.69. The fraction of sp³-hybridized carbons (Fsp3) is 0.538. The Morgan fingerprint density at radius 1 is 1.38 bits per heavy atom. The third-order valence-corrected chi connectivity index (χ3v) is 3.66. The number of ether oxygens (including phenoxy) is 2. The summed E-state index contributed by atoms with van der Waals surface area (Å²) in [5, 5.41) is 3.39. The van der Waals surface area contributed by atoms with Crippen LogP contribution in [-0.2, 0) is 6.42 Å². The van der Waals surface area contributed by atoms with Crippen molar-refractivity contribution >= 4 is 0 Å². The van der Waals surface area contributed by atoms with Gasteiger partial charge in [-0.05, 0) is 31.0 Å². The highest BCUT2D eigenvalue weighted by Gasteiger charge is 2.39. The Morgan fingerprint density at radius 3 is 3.06 bits per heavy atom. The van der Waals surface area contributed by atoms with Crippen LogP contribution in [0.1, 0.15) is 18.4 Å². The minimum atomic E-state index is 0.0410. The average molecular weight is 219 g/mol. The van der Waals surface area contributed by atoms with Crippen molar-refractivity contribution in [2.45, 2.75) is 24.9 Å². The van der Waals surface area contributed by atoms with Gasteiger partial charge in [-0.3, -0.25) is 0 Å². The van der Waals surface area contributed by atoms with Gasteiger partial charge in [-0.1, -0.05) is 6.07 Å². The zero-order valence-corrected chi connectivity index (χ0v) is 9.58. The normalized spacial score (nSPS) is 27.6. The molecule has 0 aliphatic carbocycles. The van der Waals surface area contributed by atoms with Gasteiger partial charge in [-0.15, -0.1) is 0 Å². The van der Waals surface area contributed by atoms with Crippen LogP contribution in [0, 0.1) is 0 Å². The monoisotopic (exact) mass is 219 g/mol. The summed E-state index contributed by atoms with van der Waals surface area (Å²) in [7, 11) is 1.69. The summed E-state index contributed by atoms with van der Waals surface area (Å²) in [6.07, 6.45) is 3.35. The van der Waals surface area contributed by atoms with Crippen molar-refractivity contribution in [2.24, 2.45) is 0 Å². The van der Waals surface area contributed by atoms with E-state index in [1.165, 1.54) is 5.56 Å². The first-order valence-corrected chi connectivity index (χ1v) is 5.88. The molecule has 1 aromatic rings. The van der Waals surface area contributed by atoms with E-state index in [0.29, 0.717) is 0 Å². The largest absolute Gasteiger partial charge is 0.497 e. The molecule has 1 spiro atoms. The summed E-state index contributed by atoms with van der Waals surface area (Å²) in [5.41, 5.74) is 1.35. The van der Waals surface area contributed by atoms with E-state index in [4.69, 9.17) is 9.47 Å². The van der Waals surface area contributed by atoms with Crippen molar-refractivity contribution < 1.29 is 9.47 Å². The maximum atomic E-state index is 6.18. The van der Waals surface area contributed by atoms with Crippen molar-refractivity contribution in [1.82, 2.24) is 5.32 Å². The fourth-order valence-corrected chi connectivity index (χ4v) is 2.63. The predicted molar refractivity (Wildman–Crippen MR) is 62.2 cm³/mol. The third kappa shape index (κ3) is 1.55. The maximum Gasteiger partial charge on any atom is 0.127 e. The first-order valence-electron chi connectivity index (χ1n) is 5.88. The molecule has 0 bridgehead atoms. The molecule has 1 aromatic carbocycles. The fourth-order valence-electron chi connectivity index (χ4n) is 2.63. The molecule has 1 fully saturated rings. The van der Waals surface area contributed by atoms with Crippen molar-refractivity contribution in [3.05, 3.63) is 23.8 Å². The molecule has 1 atom stereocenters. The molecular weight excluding hydrogens is 202 g/mol. The molecule has 86 valence electrons. The standard InChI is InChI=1S/C13H17NO2/c1-15-11-3-2-10-4-5-13(6-7-14-9-13)16-12(10)8-11/h2-3,8,14H,4-7,9H2,1H3/t13-/m1/s1. The van der Waals surface area contributed by atoms with E-state index in [1.807, 2.05) is 12.1 Å². The molecule has 0 unspecified atom stereocenters. The van der Waals surface area contributed by atoms with Gasteiger partial charge >= 0.3 is 0 Å². The molecule has 0 radical (unpaired) electrons. The van der Waals surface area contributed by atoms with Gasteiger partial charge in [0.2, 0.25) is 0 Å². The molecule has 1 saturated heterocycles. The Kier molecular flexibility index (Phi) is 2.28. The van der Waals surface area contributed by atoms with Crippen LogP contribution in [0.15, 0.2) is 18.2 Å². The van der Waals surface area contributed by atoms with Gasteiger partial charge in [-0.25, -0.2) is 0 Å². The number of nitrogens with one attached hydrogen (secondary N) is 1. The average Bonchev–Trinajstić information content (AvgIpc) is 2.76. The maximum absolute atomic E-state index is 6.18. The van der Waals surface area contributed by atoms with E-state index >= 15 is 0 Å². The number of hydrogen-bond acceptors (Lipinski definition) is 3. The van der Waals surface area contributed by atoms with Crippen LogP contribution in [0.2, 0.25) is 0 Å². The summed E-state index contributed by atoms with van der Waals surface area (Å²) in [6, 6.07) is 6.13. The predicted octanol–water partition coefficient (Wildman–Crippen LogP) is 1.75. The van der Waals surface area contributed by atoms with E-state index in [1.54, 1.807) is 7.11 Å². The lowest BCUT2D eigenvalue weighted by atomic mass is 9.90. The zero-order valence-electron chi connectivity index (χ0n) is 9.58. The lowest BCUT2D eigenvalue weighted by Gasteiger charge is -2.35. The molecule has 0 amide bonds. The van der Waals surface area contributed by atoms with Gasteiger partial charge in [-0.2, -0.15) is 0 Å². The van der Waals surface area contributed by atoms with E-state index in [-0.39, 0.29) is 5.60 Å². The molecule has 3 rings (SSSR count). The van der Waals surface area contributed by atoms with Gasteiger partial charge in [0.1, 0.15) is 17.1 Å². The van der Waals surface area contributed by atoms with Crippen molar-refractivity contribution in [1.29, 1.82) is 0 Å². The van der Waals surface area contributed by atoms with Crippen LogP contribution >= 0.6 is 0 Å². The quantitative estimate of drug-likeness (QED) is 0.780. The zero-order chi connectivity index (χ0) is 11.0. The molecule has 0 aromatic heterocycles. The number of methoxy groups -OCH3 is 1. The SMILES string of the molecule is COc1ccc2c(c1)O[C@@]1(CCNC1)CC2. The Bertz CT molecular complexity index is 397. The number of rotatable bonds is 1. The van der Waals surface area contributed by atoms with Crippen molar-refractivity contribution in [3.63, 3.8) is 0 Å². The Balaban J connectivity index is 1.91. The van der Waals surface area contributed by atoms with Gasteiger partial charge < -0.3 is 14.8 Å². The number of fused-ring (bicyclic) bond motifs is 1. The van der Waals surface area contributed by atoms with Crippen LogP contribution in [0.3, 0.4) is 0 Å².